The molecular weight excluding hydrogens is 499 g/mol. The first-order valence-corrected chi connectivity index (χ1v) is 13.6. The molecule has 0 fully saturated rings. The SMILES string of the molecule is Cc1nnc(NC(=O)C(C)Sc2cccc(NC(=O)N3c4ccccc4SC4C=CC=CC43)c2)s1. The Morgan fingerprint density at radius 1 is 1.06 bits per heavy atom. The fourth-order valence-corrected chi connectivity index (χ4v) is 6.65. The summed E-state index contributed by atoms with van der Waals surface area (Å²) < 4.78 is 0. The smallest absolute Gasteiger partial charge is 0.307 e. The zero-order valence-corrected chi connectivity index (χ0v) is 21.5. The van der Waals surface area contributed by atoms with Crippen molar-refractivity contribution in [1.82, 2.24) is 10.2 Å². The third kappa shape index (κ3) is 5.29. The van der Waals surface area contributed by atoms with Gasteiger partial charge in [0, 0.05) is 15.5 Å². The van der Waals surface area contributed by atoms with E-state index in [9.17, 15) is 9.59 Å². The molecule has 5 rings (SSSR count). The number of amides is 3. The molecule has 3 aromatic rings. The minimum absolute atomic E-state index is 0.0647. The lowest BCUT2D eigenvalue weighted by atomic mass is 10.1. The van der Waals surface area contributed by atoms with Crippen molar-refractivity contribution >= 4 is 63.3 Å². The lowest BCUT2D eigenvalue weighted by molar-refractivity contribution is -0.115. The molecule has 3 amide bonds. The number of rotatable bonds is 5. The molecular formula is C25H23N5O2S3. The van der Waals surface area contributed by atoms with Crippen LogP contribution in [0.4, 0.5) is 21.3 Å². The molecule has 2 aliphatic rings. The van der Waals surface area contributed by atoms with Gasteiger partial charge in [0.15, 0.2) is 0 Å². The molecule has 10 heteroatoms. The highest BCUT2D eigenvalue weighted by Crippen LogP contribution is 2.43. The van der Waals surface area contributed by atoms with E-state index >= 15 is 0 Å². The van der Waals surface area contributed by atoms with Crippen LogP contribution in [0.2, 0.25) is 0 Å². The Morgan fingerprint density at radius 3 is 2.71 bits per heavy atom. The normalized spacial score (nSPS) is 19.0. The van der Waals surface area contributed by atoms with E-state index in [2.05, 4.69) is 39.0 Å². The summed E-state index contributed by atoms with van der Waals surface area (Å²) in [6, 6.07) is 15.3. The predicted octanol–water partition coefficient (Wildman–Crippen LogP) is 5.97. The van der Waals surface area contributed by atoms with E-state index in [4.69, 9.17) is 0 Å². The van der Waals surface area contributed by atoms with Crippen molar-refractivity contribution in [3.63, 3.8) is 0 Å². The van der Waals surface area contributed by atoms with Crippen LogP contribution in [0, 0.1) is 6.92 Å². The van der Waals surface area contributed by atoms with Crippen molar-refractivity contribution in [2.24, 2.45) is 0 Å². The molecule has 178 valence electrons. The van der Waals surface area contributed by atoms with Crippen molar-refractivity contribution in [3.8, 4) is 0 Å². The third-order valence-electron chi connectivity index (χ3n) is 5.49. The van der Waals surface area contributed by atoms with E-state index in [0.29, 0.717) is 10.8 Å². The van der Waals surface area contributed by atoms with Crippen molar-refractivity contribution in [1.29, 1.82) is 0 Å². The number of urea groups is 1. The van der Waals surface area contributed by atoms with Crippen molar-refractivity contribution in [3.05, 3.63) is 77.8 Å². The summed E-state index contributed by atoms with van der Waals surface area (Å²) in [6.07, 6.45) is 8.22. The number of carbonyl (C=O) groups is 2. The van der Waals surface area contributed by atoms with Crippen LogP contribution in [0.15, 0.2) is 82.6 Å². The first kappa shape index (κ1) is 23.7. The topological polar surface area (TPSA) is 87.2 Å². The fourth-order valence-electron chi connectivity index (χ4n) is 3.87. The number of aromatic nitrogens is 2. The lowest BCUT2D eigenvalue weighted by Crippen LogP contribution is -2.49. The van der Waals surface area contributed by atoms with Crippen LogP contribution in [0.1, 0.15) is 11.9 Å². The van der Waals surface area contributed by atoms with Crippen LogP contribution in [-0.2, 0) is 4.79 Å². The van der Waals surface area contributed by atoms with Gasteiger partial charge in [-0.2, -0.15) is 0 Å². The van der Waals surface area contributed by atoms with Gasteiger partial charge in [0.2, 0.25) is 11.0 Å². The quantitative estimate of drug-likeness (QED) is 0.402. The number of anilines is 3. The molecule has 0 bridgehead atoms. The van der Waals surface area contributed by atoms with E-state index in [1.807, 2.05) is 73.4 Å². The van der Waals surface area contributed by atoms with E-state index < -0.39 is 0 Å². The van der Waals surface area contributed by atoms with Crippen LogP contribution in [0.5, 0.6) is 0 Å². The Balaban J connectivity index is 1.29. The van der Waals surface area contributed by atoms with Gasteiger partial charge in [-0.05, 0) is 44.2 Å². The van der Waals surface area contributed by atoms with E-state index in [1.165, 1.54) is 23.1 Å². The molecule has 7 nitrogen and oxygen atoms in total. The van der Waals surface area contributed by atoms with Crippen molar-refractivity contribution in [2.45, 2.75) is 40.2 Å². The summed E-state index contributed by atoms with van der Waals surface area (Å²) in [5, 5.41) is 14.8. The van der Waals surface area contributed by atoms with Crippen LogP contribution >= 0.6 is 34.9 Å². The summed E-state index contributed by atoms with van der Waals surface area (Å²) in [4.78, 5) is 29.9. The standard InChI is InChI=1S/C25H23N5O2S3/c1-15(23(31)27-24-29-28-16(2)34-24)33-18-9-7-8-17(14-18)26-25(32)30-19-10-3-5-12-21(19)35-22-13-6-4-11-20(22)30/h3-15,19,21H,1-2H3,(H,26,32)(H,27,29,31). The van der Waals surface area contributed by atoms with Gasteiger partial charge in [-0.1, -0.05) is 53.8 Å². The zero-order valence-electron chi connectivity index (χ0n) is 19.0. The number of hydrogen-bond acceptors (Lipinski definition) is 7. The van der Waals surface area contributed by atoms with Gasteiger partial charge in [-0.3, -0.25) is 15.0 Å². The number of hydrogen-bond donors (Lipinski definition) is 2. The number of nitrogens with zero attached hydrogens (tertiary/aromatic N) is 3. The van der Waals surface area contributed by atoms with Crippen LogP contribution < -0.4 is 15.5 Å². The minimum Gasteiger partial charge on any atom is -0.307 e. The van der Waals surface area contributed by atoms with Gasteiger partial charge < -0.3 is 5.32 Å². The number of thioether (sulfide) groups is 2. The van der Waals surface area contributed by atoms with Gasteiger partial charge in [0.1, 0.15) is 5.01 Å². The Morgan fingerprint density at radius 2 is 1.89 bits per heavy atom. The fraction of sp³-hybridized carbons (Fsp3) is 0.200. The molecule has 1 aliphatic carbocycles. The summed E-state index contributed by atoms with van der Waals surface area (Å²) in [5.74, 6) is -0.147. The predicted molar refractivity (Wildman–Crippen MR) is 145 cm³/mol. The van der Waals surface area contributed by atoms with Crippen molar-refractivity contribution in [2.75, 3.05) is 15.5 Å². The summed E-state index contributed by atoms with van der Waals surface area (Å²) in [6.45, 7) is 3.68. The number of para-hydroxylation sites is 1. The monoisotopic (exact) mass is 521 g/mol. The van der Waals surface area contributed by atoms with Gasteiger partial charge in [-0.15, -0.1) is 33.7 Å². The number of aryl methyl sites for hydroxylation is 1. The first-order valence-electron chi connectivity index (χ1n) is 11.1. The second-order valence-electron chi connectivity index (χ2n) is 8.01. The second kappa shape index (κ2) is 10.3. The average Bonchev–Trinajstić information content (AvgIpc) is 3.26. The Kier molecular flexibility index (Phi) is 6.94. The largest absolute Gasteiger partial charge is 0.326 e. The first-order chi connectivity index (χ1) is 17.0. The lowest BCUT2D eigenvalue weighted by Gasteiger charge is -2.40. The number of nitrogens with one attached hydrogen (secondary N) is 2. The molecule has 0 saturated carbocycles. The molecule has 0 spiro atoms. The van der Waals surface area contributed by atoms with E-state index in [0.717, 1.165) is 20.5 Å². The van der Waals surface area contributed by atoms with Crippen molar-refractivity contribution < 1.29 is 9.59 Å². The maximum absolute atomic E-state index is 13.5. The average molecular weight is 522 g/mol. The third-order valence-corrected chi connectivity index (χ3v) is 8.64. The number of carbonyl (C=O) groups excluding carboxylic acids is 2. The van der Waals surface area contributed by atoms with Crippen LogP contribution in [-0.4, -0.2) is 38.7 Å². The molecule has 2 heterocycles. The molecule has 0 saturated heterocycles. The molecule has 2 aromatic carbocycles. The molecule has 2 N–H and O–H groups in total. The highest BCUT2D eigenvalue weighted by atomic mass is 32.2. The summed E-state index contributed by atoms with van der Waals surface area (Å²) in [5.41, 5.74) is 1.58. The molecule has 1 aromatic heterocycles. The second-order valence-corrected chi connectivity index (χ2v) is 11.8. The Hall–Kier alpha value is -3.08. The number of benzene rings is 2. The van der Waals surface area contributed by atoms with E-state index in [1.54, 1.807) is 11.8 Å². The molecule has 1 aliphatic heterocycles. The zero-order chi connectivity index (χ0) is 24.4. The molecule has 35 heavy (non-hydrogen) atoms. The maximum Gasteiger partial charge on any atom is 0.326 e. The maximum atomic E-state index is 13.5. The van der Waals surface area contributed by atoms with Crippen LogP contribution in [0.25, 0.3) is 0 Å². The van der Waals surface area contributed by atoms with Gasteiger partial charge >= 0.3 is 6.03 Å². The van der Waals surface area contributed by atoms with Crippen LogP contribution in [0.3, 0.4) is 0 Å². The summed E-state index contributed by atoms with van der Waals surface area (Å²) >= 11 is 4.53. The van der Waals surface area contributed by atoms with Gasteiger partial charge in [0.25, 0.3) is 0 Å². The van der Waals surface area contributed by atoms with E-state index in [-0.39, 0.29) is 28.5 Å². The highest BCUT2D eigenvalue weighted by molar-refractivity contribution is 8.00. The number of fused-ring (bicyclic) bond motifs is 2. The number of allylic oxidation sites excluding steroid dienone is 2. The summed E-state index contributed by atoms with van der Waals surface area (Å²) in [7, 11) is 0. The molecule has 0 radical (unpaired) electrons. The Labute approximate surface area is 216 Å². The Bertz CT molecular complexity index is 1320. The minimum atomic E-state index is -0.351. The van der Waals surface area contributed by atoms with Gasteiger partial charge in [-0.25, -0.2) is 4.79 Å². The molecule has 3 unspecified atom stereocenters. The highest BCUT2D eigenvalue weighted by Gasteiger charge is 2.36. The van der Waals surface area contributed by atoms with Gasteiger partial charge in [0.05, 0.1) is 22.2 Å². The molecule has 3 atom stereocenters.